The largest absolute Gasteiger partial charge is 0.329 e. The van der Waals surface area contributed by atoms with Crippen molar-refractivity contribution in [3.63, 3.8) is 0 Å². The SMILES string of the molecule is CC(NCc1nc2ccncc2n1C)C(C)(C)c1ccccc1. The van der Waals surface area contributed by atoms with Crippen LogP contribution in [0.25, 0.3) is 11.0 Å². The van der Waals surface area contributed by atoms with Gasteiger partial charge in [-0.2, -0.15) is 0 Å². The Hall–Kier alpha value is -2.20. The van der Waals surface area contributed by atoms with Gasteiger partial charge in [-0.15, -0.1) is 0 Å². The van der Waals surface area contributed by atoms with Crippen molar-refractivity contribution in [3.05, 3.63) is 60.2 Å². The Morgan fingerprint density at radius 3 is 2.61 bits per heavy atom. The van der Waals surface area contributed by atoms with Gasteiger partial charge in [-0.1, -0.05) is 44.2 Å². The summed E-state index contributed by atoms with van der Waals surface area (Å²) in [7, 11) is 2.04. The number of aromatic nitrogens is 3. The second kappa shape index (κ2) is 6.13. The van der Waals surface area contributed by atoms with Crippen LogP contribution in [0.1, 0.15) is 32.2 Å². The zero-order valence-electron chi connectivity index (χ0n) is 14.2. The van der Waals surface area contributed by atoms with Crippen molar-refractivity contribution in [1.29, 1.82) is 0 Å². The summed E-state index contributed by atoms with van der Waals surface area (Å²) in [5, 5.41) is 3.64. The molecule has 1 aromatic carbocycles. The van der Waals surface area contributed by atoms with Crippen LogP contribution in [0.5, 0.6) is 0 Å². The van der Waals surface area contributed by atoms with Crippen LogP contribution >= 0.6 is 0 Å². The fourth-order valence-corrected chi connectivity index (χ4v) is 2.86. The average Bonchev–Trinajstić information content (AvgIpc) is 2.90. The first-order valence-corrected chi connectivity index (χ1v) is 8.04. The van der Waals surface area contributed by atoms with Gasteiger partial charge in [0.25, 0.3) is 0 Å². The van der Waals surface area contributed by atoms with E-state index in [1.807, 2.05) is 19.3 Å². The molecule has 3 rings (SSSR count). The van der Waals surface area contributed by atoms with E-state index in [9.17, 15) is 0 Å². The lowest BCUT2D eigenvalue weighted by atomic mass is 9.78. The van der Waals surface area contributed by atoms with E-state index in [1.54, 1.807) is 6.20 Å². The minimum atomic E-state index is 0.0490. The number of nitrogens with zero attached hydrogens (tertiary/aromatic N) is 3. The molecule has 2 heterocycles. The second-order valence-electron chi connectivity index (χ2n) is 6.64. The van der Waals surface area contributed by atoms with Crippen LogP contribution in [-0.4, -0.2) is 20.6 Å². The highest BCUT2D eigenvalue weighted by molar-refractivity contribution is 5.74. The summed E-state index contributed by atoms with van der Waals surface area (Å²) in [6.07, 6.45) is 3.65. The van der Waals surface area contributed by atoms with Crippen LogP contribution in [0.2, 0.25) is 0 Å². The summed E-state index contributed by atoms with van der Waals surface area (Å²) in [4.78, 5) is 8.88. The van der Waals surface area contributed by atoms with Gasteiger partial charge in [0.2, 0.25) is 0 Å². The molecule has 1 N–H and O–H groups in total. The molecule has 3 aromatic rings. The van der Waals surface area contributed by atoms with E-state index in [0.717, 1.165) is 23.4 Å². The van der Waals surface area contributed by atoms with Gasteiger partial charge < -0.3 is 9.88 Å². The Balaban J connectivity index is 1.75. The second-order valence-corrected chi connectivity index (χ2v) is 6.64. The van der Waals surface area contributed by atoms with Crippen molar-refractivity contribution in [2.24, 2.45) is 7.05 Å². The van der Waals surface area contributed by atoms with Crippen molar-refractivity contribution >= 4 is 11.0 Å². The van der Waals surface area contributed by atoms with Crippen LogP contribution in [-0.2, 0) is 19.0 Å². The maximum atomic E-state index is 4.70. The topological polar surface area (TPSA) is 42.7 Å². The van der Waals surface area contributed by atoms with Crippen LogP contribution in [0.3, 0.4) is 0 Å². The molecule has 23 heavy (non-hydrogen) atoms. The van der Waals surface area contributed by atoms with E-state index in [1.165, 1.54) is 5.56 Å². The molecule has 0 saturated carbocycles. The van der Waals surface area contributed by atoms with Gasteiger partial charge in [0, 0.05) is 24.7 Å². The normalized spacial score (nSPS) is 13.4. The summed E-state index contributed by atoms with van der Waals surface area (Å²) in [5.74, 6) is 1.03. The third-order valence-corrected chi connectivity index (χ3v) is 4.94. The zero-order valence-corrected chi connectivity index (χ0v) is 14.2. The van der Waals surface area contributed by atoms with Crippen LogP contribution in [0, 0.1) is 0 Å². The lowest BCUT2D eigenvalue weighted by molar-refractivity contribution is 0.356. The third-order valence-electron chi connectivity index (χ3n) is 4.94. The number of imidazole rings is 1. The molecule has 0 aliphatic heterocycles. The smallest absolute Gasteiger partial charge is 0.123 e. The number of rotatable bonds is 5. The van der Waals surface area contributed by atoms with Crippen molar-refractivity contribution < 1.29 is 0 Å². The standard InChI is InChI=1S/C19H24N4/c1-14(19(2,3)15-8-6-5-7-9-15)21-13-18-22-16-10-11-20-12-17(16)23(18)4/h5-12,14,21H,13H2,1-4H3. The molecule has 0 saturated heterocycles. The summed E-state index contributed by atoms with van der Waals surface area (Å²) >= 11 is 0. The molecule has 120 valence electrons. The molecule has 1 atom stereocenters. The number of benzene rings is 1. The maximum absolute atomic E-state index is 4.70. The first-order valence-electron chi connectivity index (χ1n) is 8.04. The molecule has 0 bridgehead atoms. The van der Waals surface area contributed by atoms with Crippen molar-refractivity contribution in [1.82, 2.24) is 19.9 Å². The number of hydrogen-bond donors (Lipinski definition) is 1. The summed E-state index contributed by atoms with van der Waals surface area (Å²) in [6.45, 7) is 7.53. The summed E-state index contributed by atoms with van der Waals surface area (Å²) in [6, 6.07) is 12.9. The third kappa shape index (κ3) is 2.99. The van der Waals surface area contributed by atoms with E-state index in [-0.39, 0.29) is 5.41 Å². The van der Waals surface area contributed by atoms with Crippen LogP contribution in [0.4, 0.5) is 0 Å². The minimum Gasteiger partial charge on any atom is -0.329 e. The molecule has 0 radical (unpaired) electrons. The fourth-order valence-electron chi connectivity index (χ4n) is 2.86. The number of nitrogens with one attached hydrogen (secondary N) is 1. The number of fused-ring (bicyclic) bond motifs is 1. The first-order chi connectivity index (χ1) is 11.0. The lowest BCUT2D eigenvalue weighted by Crippen LogP contribution is -2.42. The van der Waals surface area contributed by atoms with E-state index in [0.29, 0.717) is 6.04 Å². The van der Waals surface area contributed by atoms with Crippen LogP contribution in [0.15, 0.2) is 48.8 Å². The highest BCUT2D eigenvalue weighted by Crippen LogP contribution is 2.27. The molecule has 1 unspecified atom stereocenters. The van der Waals surface area contributed by atoms with Crippen LogP contribution < -0.4 is 5.32 Å². The van der Waals surface area contributed by atoms with Gasteiger partial charge in [0.1, 0.15) is 5.82 Å². The highest BCUT2D eigenvalue weighted by atomic mass is 15.1. The average molecular weight is 308 g/mol. The molecule has 4 heteroatoms. The minimum absolute atomic E-state index is 0.0490. The Kier molecular flexibility index (Phi) is 4.18. The zero-order chi connectivity index (χ0) is 16.4. The van der Waals surface area contributed by atoms with Gasteiger partial charge in [-0.3, -0.25) is 4.98 Å². The summed E-state index contributed by atoms with van der Waals surface area (Å²) < 4.78 is 2.11. The quantitative estimate of drug-likeness (QED) is 0.785. The first kappa shape index (κ1) is 15.7. The predicted molar refractivity (Wildman–Crippen MR) is 94.3 cm³/mol. The number of aryl methyl sites for hydroxylation is 1. The Bertz CT molecular complexity index is 789. The van der Waals surface area contributed by atoms with Gasteiger partial charge >= 0.3 is 0 Å². The van der Waals surface area contributed by atoms with Gasteiger partial charge in [-0.25, -0.2) is 4.98 Å². The highest BCUT2D eigenvalue weighted by Gasteiger charge is 2.27. The summed E-state index contributed by atoms with van der Waals surface area (Å²) in [5.41, 5.74) is 3.45. The Labute approximate surface area is 137 Å². The van der Waals surface area contributed by atoms with Crippen molar-refractivity contribution in [2.75, 3.05) is 0 Å². The van der Waals surface area contributed by atoms with Crippen molar-refractivity contribution in [2.45, 2.75) is 38.8 Å². The van der Waals surface area contributed by atoms with Gasteiger partial charge in [0.15, 0.2) is 0 Å². The van der Waals surface area contributed by atoms with E-state index < -0.39 is 0 Å². The van der Waals surface area contributed by atoms with E-state index in [4.69, 9.17) is 4.98 Å². The molecule has 0 fully saturated rings. The lowest BCUT2D eigenvalue weighted by Gasteiger charge is -2.33. The molecule has 0 spiro atoms. The monoisotopic (exact) mass is 308 g/mol. The maximum Gasteiger partial charge on any atom is 0.123 e. The molecular weight excluding hydrogens is 284 g/mol. The molecule has 0 aliphatic carbocycles. The molecule has 4 nitrogen and oxygen atoms in total. The fraction of sp³-hybridized carbons (Fsp3) is 0.368. The number of pyridine rings is 1. The predicted octanol–water partition coefficient (Wildman–Crippen LogP) is 3.42. The van der Waals surface area contributed by atoms with Gasteiger partial charge in [0.05, 0.1) is 23.8 Å². The molecule has 0 aliphatic rings. The Morgan fingerprint density at radius 1 is 1.17 bits per heavy atom. The van der Waals surface area contributed by atoms with E-state index in [2.05, 4.69) is 66.0 Å². The van der Waals surface area contributed by atoms with E-state index >= 15 is 0 Å². The van der Waals surface area contributed by atoms with Gasteiger partial charge in [-0.05, 0) is 18.6 Å². The Morgan fingerprint density at radius 2 is 1.91 bits per heavy atom. The number of hydrogen-bond acceptors (Lipinski definition) is 3. The molecule has 0 amide bonds. The van der Waals surface area contributed by atoms with Crippen molar-refractivity contribution in [3.8, 4) is 0 Å². The molecule has 2 aromatic heterocycles. The molecular formula is C19H24N4.